The Morgan fingerprint density at radius 3 is 2.28 bits per heavy atom. The average molecular weight is 472 g/mol. The second-order valence-corrected chi connectivity index (χ2v) is 8.74. The number of alkyl halides is 3. The molecule has 2 aliphatic rings. The zero-order valence-corrected chi connectivity index (χ0v) is 17.7. The number of halogens is 6. The van der Waals surface area contributed by atoms with E-state index in [1.807, 2.05) is 0 Å². The maximum absolute atomic E-state index is 14.7. The van der Waals surface area contributed by atoms with Gasteiger partial charge in [0.25, 0.3) is 5.91 Å². The van der Waals surface area contributed by atoms with E-state index in [4.69, 9.17) is 11.6 Å². The molecule has 2 aromatic carbocycles. The lowest BCUT2D eigenvalue weighted by Gasteiger charge is -2.37. The Hall–Kier alpha value is -2.61. The molecule has 0 radical (unpaired) electrons. The molecule has 1 heterocycles. The van der Waals surface area contributed by atoms with Gasteiger partial charge in [-0.2, -0.15) is 13.2 Å². The molecular weight excluding hydrogens is 453 g/mol. The fourth-order valence-electron chi connectivity index (χ4n) is 4.52. The van der Waals surface area contributed by atoms with Gasteiger partial charge in [0.15, 0.2) is 0 Å². The quantitative estimate of drug-likeness (QED) is 0.492. The largest absolute Gasteiger partial charge is 0.509 e. The first-order chi connectivity index (χ1) is 14.9. The fourth-order valence-corrected chi connectivity index (χ4v) is 4.63. The van der Waals surface area contributed by atoms with E-state index in [2.05, 4.69) is 5.32 Å². The van der Waals surface area contributed by atoms with Crippen LogP contribution in [-0.2, 0) is 4.79 Å². The molecule has 4 rings (SSSR count). The Morgan fingerprint density at radius 1 is 1.06 bits per heavy atom. The number of aliphatic hydroxyl groups is 1. The average Bonchev–Trinajstić information content (AvgIpc) is 2.95. The third kappa shape index (κ3) is 3.74. The standard InChI is InChI=1S/C23H19ClF5NO2/c1-11-15(8-13(10-17(11)25)12-2-3-16(24)18(26)9-12)19-20(31)22(30-21(19)32)6-4-14(5-7-22)23(27,28)29/h2-3,8-10,14,31H,4-7H2,1H3,(H,30,32). The number of nitrogens with one attached hydrogen (secondary N) is 1. The molecule has 1 aliphatic carbocycles. The SMILES string of the molecule is Cc1c(F)cc(-c2ccc(Cl)c(F)c2)cc1C1=C(O)C2(CCC(C(F)(F)F)CC2)NC1=O. The van der Waals surface area contributed by atoms with Crippen LogP contribution in [0.4, 0.5) is 22.0 Å². The van der Waals surface area contributed by atoms with Crippen LogP contribution in [0.15, 0.2) is 36.1 Å². The van der Waals surface area contributed by atoms with Crippen molar-refractivity contribution in [2.45, 2.75) is 44.3 Å². The first kappa shape index (κ1) is 22.6. The molecule has 0 aromatic heterocycles. The lowest BCUT2D eigenvalue weighted by molar-refractivity contribution is -0.184. The molecule has 2 N–H and O–H groups in total. The van der Waals surface area contributed by atoms with E-state index in [0.29, 0.717) is 5.56 Å². The van der Waals surface area contributed by atoms with E-state index in [9.17, 15) is 31.9 Å². The Bertz CT molecular complexity index is 1130. The Kier molecular flexibility index (Phi) is 5.48. The molecule has 2 aromatic rings. The van der Waals surface area contributed by atoms with Crippen LogP contribution in [0.1, 0.15) is 36.8 Å². The van der Waals surface area contributed by atoms with Gasteiger partial charge >= 0.3 is 6.18 Å². The molecule has 1 aliphatic heterocycles. The molecule has 0 saturated heterocycles. The smallest absolute Gasteiger partial charge is 0.391 e. The van der Waals surface area contributed by atoms with E-state index in [1.165, 1.54) is 31.2 Å². The highest BCUT2D eigenvalue weighted by molar-refractivity contribution is 6.30. The molecule has 0 unspecified atom stereocenters. The van der Waals surface area contributed by atoms with Crippen molar-refractivity contribution >= 4 is 23.1 Å². The van der Waals surface area contributed by atoms with Gasteiger partial charge in [-0.15, -0.1) is 0 Å². The minimum Gasteiger partial charge on any atom is -0.509 e. The van der Waals surface area contributed by atoms with Crippen molar-refractivity contribution in [3.8, 4) is 11.1 Å². The number of hydrogen-bond acceptors (Lipinski definition) is 2. The summed E-state index contributed by atoms with van der Waals surface area (Å²) in [4.78, 5) is 12.8. The summed E-state index contributed by atoms with van der Waals surface area (Å²) in [6.45, 7) is 1.43. The summed E-state index contributed by atoms with van der Waals surface area (Å²) < 4.78 is 67.8. The minimum atomic E-state index is -4.34. The van der Waals surface area contributed by atoms with Crippen molar-refractivity contribution in [1.82, 2.24) is 5.32 Å². The monoisotopic (exact) mass is 471 g/mol. The summed E-state index contributed by atoms with van der Waals surface area (Å²) >= 11 is 5.71. The fraction of sp³-hybridized carbons (Fsp3) is 0.348. The van der Waals surface area contributed by atoms with E-state index in [-0.39, 0.29) is 58.7 Å². The normalized spacial score (nSPS) is 23.7. The van der Waals surface area contributed by atoms with Gasteiger partial charge < -0.3 is 10.4 Å². The number of benzene rings is 2. The molecule has 32 heavy (non-hydrogen) atoms. The molecular formula is C23H19ClF5NO2. The summed E-state index contributed by atoms with van der Waals surface area (Å²) in [6, 6.07) is 6.56. The van der Waals surface area contributed by atoms with Crippen molar-refractivity contribution < 1.29 is 31.9 Å². The molecule has 1 saturated carbocycles. The third-order valence-corrected chi connectivity index (χ3v) is 6.75. The first-order valence-corrected chi connectivity index (χ1v) is 10.4. The van der Waals surface area contributed by atoms with Crippen molar-refractivity contribution in [3.05, 3.63) is 63.9 Å². The summed E-state index contributed by atoms with van der Waals surface area (Å²) in [7, 11) is 0. The maximum atomic E-state index is 14.7. The van der Waals surface area contributed by atoms with Crippen molar-refractivity contribution in [2.75, 3.05) is 0 Å². The summed E-state index contributed by atoms with van der Waals surface area (Å²) in [5, 5.41) is 13.5. The molecule has 0 bridgehead atoms. The van der Waals surface area contributed by atoms with Gasteiger partial charge in [0.1, 0.15) is 17.4 Å². The Morgan fingerprint density at radius 2 is 1.69 bits per heavy atom. The highest BCUT2D eigenvalue weighted by atomic mass is 35.5. The predicted octanol–water partition coefficient (Wildman–Crippen LogP) is 6.48. The third-order valence-electron chi connectivity index (χ3n) is 6.44. The van der Waals surface area contributed by atoms with Crippen molar-refractivity contribution in [3.63, 3.8) is 0 Å². The maximum Gasteiger partial charge on any atom is 0.391 e. The van der Waals surface area contributed by atoms with Crippen LogP contribution in [-0.4, -0.2) is 22.7 Å². The zero-order chi connectivity index (χ0) is 23.4. The van der Waals surface area contributed by atoms with Crippen LogP contribution in [0.5, 0.6) is 0 Å². The molecule has 1 spiro atoms. The van der Waals surface area contributed by atoms with Crippen LogP contribution in [0.2, 0.25) is 5.02 Å². The second-order valence-electron chi connectivity index (χ2n) is 8.34. The molecule has 0 atom stereocenters. The number of carbonyl (C=O) groups excluding carboxylic acids is 1. The number of rotatable bonds is 2. The minimum absolute atomic E-state index is 0.0815. The number of amides is 1. The van der Waals surface area contributed by atoms with E-state index in [0.717, 1.165) is 6.07 Å². The first-order valence-electron chi connectivity index (χ1n) is 10.0. The highest BCUT2D eigenvalue weighted by Gasteiger charge is 2.52. The molecule has 1 amide bonds. The van der Waals surface area contributed by atoms with Crippen LogP contribution in [0, 0.1) is 24.5 Å². The van der Waals surface area contributed by atoms with Gasteiger partial charge in [-0.05, 0) is 79.1 Å². The summed E-state index contributed by atoms with van der Waals surface area (Å²) in [5.74, 6) is -3.94. The second kappa shape index (κ2) is 7.76. The van der Waals surface area contributed by atoms with Crippen LogP contribution >= 0.6 is 11.6 Å². The lowest BCUT2D eigenvalue weighted by Crippen LogP contribution is -2.48. The molecule has 9 heteroatoms. The number of hydrogen-bond donors (Lipinski definition) is 2. The van der Waals surface area contributed by atoms with Crippen molar-refractivity contribution in [1.29, 1.82) is 0 Å². The van der Waals surface area contributed by atoms with E-state index >= 15 is 0 Å². The van der Waals surface area contributed by atoms with Gasteiger partial charge in [-0.25, -0.2) is 8.78 Å². The van der Waals surface area contributed by atoms with Gasteiger partial charge in [0.05, 0.1) is 22.1 Å². The van der Waals surface area contributed by atoms with Gasteiger partial charge in [-0.1, -0.05) is 17.7 Å². The molecule has 3 nitrogen and oxygen atoms in total. The summed E-state index contributed by atoms with van der Waals surface area (Å²) in [5.41, 5.74) is -0.733. The van der Waals surface area contributed by atoms with Gasteiger partial charge in [0.2, 0.25) is 0 Å². The topological polar surface area (TPSA) is 49.3 Å². The number of aliphatic hydroxyl groups excluding tert-OH is 1. The molecule has 170 valence electrons. The van der Waals surface area contributed by atoms with Crippen molar-refractivity contribution in [2.24, 2.45) is 5.92 Å². The predicted molar refractivity (Wildman–Crippen MR) is 110 cm³/mol. The van der Waals surface area contributed by atoms with Crippen LogP contribution < -0.4 is 5.32 Å². The molecule has 1 fully saturated rings. The lowest BCUT2D eigenvalue weighted by atomic mass is 9.75. The zero-order valence-electron chi connectivity index (χ0n) is 16.9. The Balaban J connectivity index is 1.76. The van der Waals surface area contributed by atoms with Gasteiger partial charge in [0, 0.05) is 0 Å². The van der Waals surface area contributed by atoms with Crippen LogP contribution in [0.25, 0.3) is 16.7 Å². The summed E-state index contributed by atoms with van der Waals surface area (Å²) in [6.07, 6.45) is -4.98. The van der Waals surface area contributed by atoms with E-state index in [1.54, 1.807) is 0 Å². The highest BCUT2D eigenvalue weighted by Crippen LogP contribution is 2.47. The number of carbonyl (C=O) groups is 1. The van der Waals surface area contributed by atoms with Crippen LogP contribution in [0.3, 0.4) is 0 Å². The van der Waals surface area contributed by atoms with Gasteiger partial charge in [-0.3, -0.25) is 4.79 Å². The Labute approximate surface area is 185 Å². The van der Waals surface area contributed by atoms with E-state index < -0.39 is 35.2 Å².